The third-order valence-corrected chi connectivity index (χ3v) is 3.59. The first-order valence-corrected chi connectivity index (χ1v) is 6.29. The molecule has 1 aromatic heterocycles. The molecule has 3 nitrogen and oxygen atoms in total. The van der Waals surface area contributed by atoms with E-state index >= 15 is 0 Å². The fourth-order valence-corrected chi connectivity index (χ4v) is 2.61. The molecule has 0 unspecified atom stereocenters. The number of hydrogen-bond donors (Lipinski definition) is 1. The minimum absolute atomic E-state index is 0.893. The Balaban J connectivity index is 1.91. The summed E-state index contributed by atoms with van der Waals surface area (Å²) < 4.78 is 0. The van der Waals surface area contributed by atoms with E-state index in [9.17, 15) is 0 Å². The number of hydrogen-bond acceptors (Lipinski definition) is 4. The van der Waals surface area contributed by atoms with Crippen molar-refractivity contribution in [3.63, 3.8) is 0 Å². The smallest absolute Gasteiger partial charge is 0.200 e. The van der Waals surface area contributed by atoms with Crippen LogP contribution in [0, 0.1) is 0 Å². The molecular formula is C12H13N3S. The summed E-state index contributed by atoms with van der Waals surface area (Å²) >= 11 is 1.67. The van der Waals surface area contributed by atoms with Crippen molar-refractivity contribution in [1.82, 2.24) is 10.4 Å². The zero-order valence-corrected chi connectivity index (χ0v) is 9.70. The molecule has 82 valence electrons. The topological polar surface area (TPSA) is 28.2 Å². The fourth-order valence-electron chi connectivity index (χ4n) is 1.99. The molecule has 3 rings (SSSR count). The second kappa shape index (κ2) is 4.23. The van der Waals surface area contributed by atoms with Crippen LogP contribution in [0.3, 0.4) is 0 Å². The van der Waals surface area contributed by atoms with Gasteiger partial charge in [0, 0.05) is 18.1 Å². The van der Waals surface area contributed by atoms with Crippen LogP contribution < -0.4 is 10.4 Å². The van der Waals surface area contributed by atoms with Crippen LogP contribution in [-0.4, -0.2) is 11.5 Å². The van der Waals surface area contributed by atoms with E-state index in [0.29, 0.717) is 0 Å². The molecular weight excluding hydrogens is 218 g/mol. The number of hydrazine groups is 1. The molecule has 16 heavy (non-hydrogen) atoms. The zero-order valence-electron chi connectivity index (χ0n) is 8.89. The fraction of sp³-hybridized carbons (Fsp3) is 0.250. The first kappa shape index (κ1) is 9.81. The maximum atomic E-state index is 4.34. The van der Waals surface area contributed by atoms with Crippen LogP contribution in [0.15, 0.2) is 35.8 Å². The van der Waals surface area contributed by atoms with Gasteiger partial charge in [-0.3, -0.25) is 5.01 Å². The molecule has 4 heteroatoms. The molecule has 0 spiro atoms. The summed E-state index contributed by atoms with van der Waals surface area (Å²) in [6.45, 7) is 1.86. The highest BCUT2D eigenvalue weighted by molar-refractivity contribution is 7.13. The summed E-state index contributed by atoms with van der Waals surface area (Å²) in [4.78, 5) is 4.34. The Labute approximate surface area is 98.7 Å². The molecule has 1 aliphatic heterocycles. The third-order valence-electron chi connectivity index (χ3n) is 2.79. The van der Waals surface area contributed by atoms with Crippen LogP contribution in [0.4, 0.5) is 5.13 Å². The quantitative estimate of drug-likeness (QED) is 0.815. The highest BCUT2D eigenvalue weighted by Crippen LogP contribution is 2.21. The maximum absolute atomic E-state index is 4.34. The first-order chi connectivity index (χ1) is 7.93. The Morgan fingerprint density at radius 2 is 2.12 bits per heavy atom. The lowest BCUT2D eigenvalue weighted by molar-refractivity contribution is 0.642. The van der Waals surface area contributed by atoms with Gasteiger partial charge in [-0.25, -0.2) is 10.4 Å². The van der Waals surface area contributed by atoms with Crippen LogP contribution >= 0.6 is 11.3 Å². The number of thiazole rings is 1. The van der Waals surface area contributed by atoms with Gasteiger partial charge in [-0.2, -0.15) is 0 Å². The van der Waals surface area contributed by atoms with Crippen LogP contribution in [0.1, 0.15) is 11.1 Å². The van der Waals surface area contributed by atoms with Crippen LogP contribution in [-0.2, 0) is 13.0 Å². The minimum Gasteiger partial charge on any atom is -0.279 e. The van der Waals surface area contributed by atoms with Gasteiger partial charge >= 0.3 is 0 Å². The molecule has 0 saturated carbocycles. The molecule has 2 heterocycles. The Morgan fingerprint density at radius 3 is 2.94 bits per heavy atom. The lowest BCUT2D eigenvalue weighted by Crippen LogP contribution is -2.36. The van der Waals surface area contributed by atoms with E-state index in [4.69, 9.17) is 0 Å². The molecule has 0 atom stereocenters. The van der Waals surface area contributed by atoms with E-state index in [1.54, 1.807) is 11.3 Å². The summed E-state index contributed by atoms with van der Waals surface area (Å²) in [5, 5.41) is 5.18. The van der Waals surface area contributed by atoms with Crippen molar-refractivity contribution >= 4 is 16.5 Å². The van der Waals surface area contributed by atoms with Gasteiger partial charge in [0.25, 0.3) is 0 Å². The molecule has 0 radical (unpaired) electrons. The lowest BCUT2D eigenvalue weighted by Gasteiger charge is -2.20. The Hall–Kier alpha value is -1.39. The largest absolute Gasteiger partial charge is 0.279 e. The Bertz CT molecular complexity index is 467. The average molecular weight is 231 g/mol. The maximum Gasteiger partial charge on any atom is 0.200 e. The van der Waals surface area contributed by atoms with Crippen molar-refractivity contribution < 1.29 is 0 Å². The van der Waals surface area contributed by atoms with Crippen LogP contribution in [0.5, 0.6) is 0 Å². The molecule has 0 aliphatic carbocycles. The number of nitrogens with zero attached hydrogens (tertiary/aromatic N) is 2. The second-order valence-corrected chi connectivity index (χ2v) is 4.70. The Morgan fingerprint density at radius 1 is 1.25 bits per heavy atom. The van der Waals surface area contributed by atoms with Crippen molar-refractivity contribution in [3.8, 4) is 0 Å². The molecule has 1 aliphatic rings. The van der Waals surface area contributed by atoms with Crippen molar-refractivity contribution in [3.05, 3.63) is 47.0 Å². The van der Waals surface area contributed by atoms with E-state index in [-0.39, 0.29) is 0 Å². The van der Waals surface area contributed by atoms with Crippen molar-refractivity contribution in [2.75, 3.05) is 11.6 Å². The number of fused-ring (bicyclic) bond motifs is 1. The third kappa shape index (κ3) is 1.81. The molecule has 1 N–H and O–H groups in total. The monoisotopic (exact) mass is 231 g/mol. The van der Waals surface area contributed by atoms with E-state index in [1.807, 2.05) is 11.6 Å². The molecule has 0 amide bonds. The average Bonchev–Trinajstić information content (AvgIpc) is 2.75. The highest BCUT2D eigenvalue weighted by atomic mass is 32.1. The Kier molecular flexibility index (Phi) is 2.60. The van der Waals surface area contributed by atoms with Crippen LogP contribution in [0.25, 0.3) is 0 Å². The van der Waals surface area contributed by atoms with Gasteiger partial charge in [0.05, 0.1) is 6.54 Å². The second-order valence-electron chi connectivity index (χ2n) is 3.83. The molecule has 1 aromatic carbocycles. The number of benzene rings is 1. The van der Waals surface area contributed by atoms with Gasteiger partial charge in [-0.15, -0.1) is 11.3 Å². The predicted octanol–water partition coefficient (Wildman–Crippen LogP) is 2.21. The van der Waals surface area contributed by atoms with E-state index in [0.717, 1.165) is 24.6 Å². The van der Waals surface area contributed by atoms with Gasteiger partial charge in [-0.05, 0) is 17.5 Å². The van der Waals surface area contributed by atoms with Gasteiger partial charge in [0.2, 0.25) is 0 Å². The summed E-state index contributed by atoms with van der Waals surface area (Å²) in [5.41, 5.74) is 6.24. The number of nitrogens with one attached hydrogen (secondary N) is 1. The normalized spacial score (nSPS) is 15.6. The summed E-state index contributed by atoms with van der Waals surface area (Å²) in [6, 6.07) is 8.62. The van der Waals surface area contributed by atoms with Gasteiger partial charge in [-0.1, -0.05) is 24.3 Å². The predicted molar refractivity (Wildman–Crippen MR) is 66.4 cm³/mol. The van der Waals surface area contributed by atoms with Crippen LogP contribution in [0.2, 0.25) is 0 Å². The molecule has 0 fully saturated rings. The molecule has 0 saturated heterocycles. The SMILES string of the molecule is c1ccc2c(c1)CCNN(c1nccs1)C2. The highest BCUT2D eigenvalue weighted by Gasteiger charge is 2.15. The molecule has 0 bridgehead atoms. The van der Waals surface area contributed by atoms with Gasteiger partial charge in [0.1, 0.15) is 0 Å². The van der Waals surface area contributed by atoms with Crippen molar-refractivity contribution in [1.29, 1.82) is 0 Å². The first-order valence-electron chi connectivity index (χ1n) is 5.41. The summed E-state index contributed by atoms with van der Waals surface area (Å²) in [7, 11) is 0. The number of aromatic nitrogens is 1. The standard InChI is InChI=1S/C12H13N3S/c1-2-4-11-9-15(12-13-7-8-16-12)14-6-5-10(11)3-1/h1-4,7-8,14H,5-6,9H2. The van der Waals surface area contributed by atoms with Gasteiger partial charge in [0.15, 0.2) is 5.13 Å². The number of rotatable bonds is 1. The lowest BCUT2D eigenvalue weighted by atomic mass is 10.1. The molecule has 2 aromatic rings. The minimum atomic E-state index is 0.893. The van der Waals surface area contributed by atoms with Crippen molar-refractivity contribution in [2.24, 2.45) is 0 Å². The summed E-state index contributed by atoms with van der Waals surface area (Å²) in [5.74, 6) is 0. The number of anilines is 1. The van der Waals surface area contributed by atoms with E-state index < -0.39 is 0 Å². The van der Waals surface area contributed by atoms with E-state index in [1.165, 1.54) is 11.1 Å². The summed E-state index contributed by atoms with van der Waals surface area (Å²) in [6.07, 6.45) is 2.93. The van der Waals surface area contributed by atoms with Gasteiger partial charge < -0.3 is 0 Å². The van der Waals surface area contributed by atoms with E-state index in [2.05, 4.69) is 39.7 Å². The van der Waals surface area contributed by atoms with Crippen molar-refractivity contribution in [2.45, 2.75) is 13.0 Å². The zero-order chi connectivity index (χ0) is 10.8.